The predicted octanol–water partition coefficient (Wildman–Crippen LogP) is 3.86. The molecule has 0 aliphatic rings. The Labute approximate surface area is 112 Å². The highest BCUT2D eigenvalue weighted by molar-refractivity contribution is 5.94. The highest BCUT2D eigenvalue weighted by Gasteiger charge is 2.04. The maximum absolute atomic E-state index is 11.2. The molecule has 0 bridgehead atoms. The number of hydrogen-bond acceptors (Lipinski definition) is 3. The number of anilines is 1. The first kappa shape index (κ1) is 12.9. The third kappa shape index (κ3) is 3.22. The van der Waals surface area contributed by atoms with Crippen LogP contribution >= 0.6 is 0 Å². The first-order valence-corrected chi connectivity index (χ1v) is 5.98. The molecule has 3 nitrogen and oxygen atoms in total. The molecule has 0 saturated heterocycles. The van der Waals surface area contributed by atoms with Crippen LogP contribution in [0.5, 0.6) is 0 Å². The summed E-state index contributed by atoms with van der Waals surface area (Å²) in [6.45, 7) is 1.53. The van der Waals surface area contributed by atoms with Crippen LogP contribution in [0.15, 0.2) is 60.9 Å². The Kier molecular flexibility index (Phi) is 3.98. The molecular formula is C16H15NO2. The van der Waals surface area contributed by atoms with Gasteiger partial charge in [0.1, 0.15) is 6.26 Å². The van der Waals surface area contributed by atoms with Crippen LogP contribution < -0.4 is 5.32 Å². The van der Waals surface area contributed by atoms with Crippen molar-refractivity contribution in [1.29, 1.82) is 0 Å². The van der Waals surface area contributed by atoms with Crippen LogP contribution in [0.4, 0.5) is 5.69 Å². The summed E-state index contributed by atoms with van der Waals surface area (Å²) in [7, 11) is 0. The van der Waals surface area contributed by atoms with E-state index < -0.39 is 0 Å². The molecule has 3 heteroatoms. The summed E-state index contributed by atoms with van der Waals surface area (Å²) in [6, 6.07) is 16.7. The summed E-state index contributed by atoms with van der Waals surface area (Å²) in [5.74, 6) is 0.0251. The van der Waals surface area contributed by atoms with Crippen LogP contribution in [0.1, 0.15) is 22.8 Å². The fourth-order valence-corrected chi connectivity index (χ4v) is 1.74. The highest BCUT2D eigenvalue weighted by atomic mass is 16.2. The number of aliphatic hydroxyl groups is 1. The first-order chi connectivity index (χ1) is 9.20. The third-order valence-electron chi connectivity index (χ3n) is 2.78. The minimum atomic E-state index is 0.0251. The Morgan fingerprint density at radius 2 is 1.58 bits per heavy atom. The summed E-state index contributed by atoms with van der Waals surface area (Å²) < 4.78 is 0. The molecule has 0 unspecified atom stereocenters. The zero-order valence-corrected chi connectivity index (χ0v) is 10.6. The second-order valence-corrected chi connectivity index (χ2v) is 4.17. The first-order valence-electron chi connectivity index (χ1n) is 5.98. The average Bonchev–Trinajstić information content (AvgIpc) is 2.46. The van der Waals surface area contributed by atoms with Gasteiger partial charge in [0.25, 0.3) is 0 Å². The van der Waals surface area contributed by atoms with Gasteiger partial charge in [0, 0.05) is 16.8 Å². The van der Waals surface area contributed by atoms with E-state index in [1.54, 1.807) is 24.3 Å². The van der Waals surface area contributed by atoms with Gasteiger partial charge in [-0.3, -0.25) is 4.79 Å². The third-order valence-corrected chi connectivity index (χ3v) is 2.78. The van der Waals surface area contributed by atoms with Crippen LogP contribution in [0.2, 0.25) is 0 Å². The number of hydrogen-bond donors (Lipinski definition) is 2. The maximum Gasteiger partial charge on any atom is 0.159 e. The topological polar surface area (TPSA) is 49.3 Å². The molecule has 2 rings (SSSR count). The van der Waals surface area contributed by atoms with Crippen molar-refractivity contribution in [2.45, 2.75) is 6.92 Å². The van der Waals surface area contributed by atoms with Gasteiger partial charge in [-0.05, 0) is 19.1 Å². The van der Waals surface area contributed by atoms with E-state index in [-0.39, 0.29) is 5.78 Å². The monoisotopic (exact) mass is 253 g/mol. The smallest absolute Gasteiger partial charge is 0.159 e. The molecule has 0 atom stereocenters. The predicted molar refractivity (Wildman–Crippen MR) is 77.1 cm³/mol. The fraction of sp³-hybridized carbons (Fsp3) is 0.0625. The van der Waals surface area contributed by atoms with Crippen molar-refractivity contribution < 1.29 is 9.90 Å². The van der Waals surface area contributed by atoms with Gasteiger partial charge in [0.2, 0.25) is 0 Å². The second kappa shape index (κ2) is 5.87. The number of Topliss-reactive ketones (excluding diaryl/α,β-unsaturated/α-hetero) is 1. The molecule has 0 amide bonds. The molecule has 0 spiro atoms. The minimum Gasteiger partial charge on any atom is -0.513 e. The Morgan fingerprint density at radius 3 is 2.11 bits per heavy atom. The van der Waals surface area contributed by atoms with Crippen LogP contribution in [-0.2, 0) is 0 Å². The van der Waals surface area contributed by atoms with Crippen LogP contribution in [0, 0.1) is 0 Å². The Balaban J connectivity index is 2.21. The van der Waals surface area contributed by atoms with E-state index in [1.807, 2.05) is 30.3 Å². The van der Waals surface area contributed by atoms with Gasteiger partial charge in [-0.25, -0.2) is 0 Å². The largest absolute Gasteiger partial charge is 0.513 e. The molecule has 0 heterocycles. The minimum absolute atomic E-state index is 0.0251. The normalized spacial score (nSPS) is 11.1. The lowest BCUT2D eigenvalue weighted by atomic mass is 10.1. The molecule has 96 valence electrons. The van der Waals surface area contributed by atoms with Crippen molar-refractivity contribution in [1.82, 2.24) is 0 Å². The number of carbonyl (C=O) groups is 1. The quantitative estimate of drug-likeness (QED) is 0.642. The van der Waals surface area contributed by atoms with Gasteiger partial charge in [-0.2, -0.15) is 0 Å². The number of aliphatic hydroxyl groups excluding tert-OH is 1. The summed E-state index contributed by atoms with van der Waals surface area (Å²) in [5.41, 5.74) is 2.94. The molecule has 0 aliphatic carbocycles. The van der Waals surface area contributed by atoms with Crippen molar-refractivity contribution in [2.24, 2.45) is 0 Å². The summed E-state index contributed by atoms with van der Waals surface area (Å²) in [5, 5.41) is 12.4. The van der Waals surface area contributed by atoms with Crippen molar-refractivity contribution in [3.63, 3.8) is 0 Å². The van der Waals surface area contributed by atoms with Crippen molar-refractivity contribution >= 4 is 17.2 Å². The molecule has 2 N–H and O–H groups in total. The lowest BCUT2D eigenvalue weighted by Gasteiger charge is -2.10. The zero-order chi connectivity index (χ0) is 13.7. The zero-order valence-electron chi connectivity index (χ0n) is 10.6. The van der Waals surface area contributed by atoms with Gasteiger partial charge in [-0.1, -0.05) is 42.5 Å². The van der Waals surface area contributed by atoms with Crippen LogP contribution in [0.3, 0.4) is 0 Å². The van der Waals surface area contributed by atoms with E-state index in [1.165, 1.54) is 6.92 Å². The standard InChI is InChI=1S/C16H15NO2/c1-12(19)13-7-9-14(10-8-13)16(11-18)17-15-5-3-2-4-6-15/h2-11,17-18H,1H3/b16-11-. The summed E-state index contributed by atoms with van der Waals surface area (Å²) in [4.78, 5) is 11.2. The molecule has 0 radical (unpaired) electrons. The highest BCUT2D eigenvalue weighted by Crippen LogP contribution is 2.18. The number of rotatable bonds is 4. The molecule has 0 saturated carbocycles. The second-order valence-electron chi connectivity index (χ2n) is 4.17. The number of nitrogens with one attached hydrogen (secondary N) is 1. The lowest BCUT2D eigenvalue weighted by Crippen LogP contribution is -2.00. The van der Waals surface area contributed by atoms with E-state index in [0.717, 1.165) is 17.5 Å². The lowest BCUT2D eigenvalue weighted by molar-refractivity contribution is 0.101. The van der Waals surface area contributed by atoms with Crippen molar-refractivity contribution in [3.8, 4) is 0 Å². The summed E-state index contributed by atoms with van der Waals surface area (Å²) in [6.07, 6.45) is 1.02. The maximum atomic E-state index is 11.2. The van der Waals surface area contributed by atoms with Crippen LogP contribution in [0.25, 0.3) is 5.70 Å². The van der Waals surface area contributed by atoms with Gasteiger partial charge >= 0.3 is 0 Å². The SMILES string of the molecule is CC(=O)c1ccc(/C(=C/O)Nc2ccccc2)cc1. The van der Waals surface area contributed by atoms with Gasteiger partial charge in [0.05, 0.1) is 5.70 Å². The molecule has 0 aromatic heterocycles. The van der Waals surface area contributed by atoms with E-state index in [2.05, 4.69) is 5.32 Å². The Bertz CT molecular complexity index is 586. The summed E-state index contributed by atoms with van der Waals surface area (Å²) >= 11 is 0. The fourth-order valence-electron chi connectivity index (χ4n) is 1.74. The number of para-hydroxylation sites is 1. The average molecular weight is 253 g/mol. The number of carbonyl (C=O) groups excluding carboxylic acids is 1. The van der Waals surface area contributed by atoms with Gasteiger partial charge in [0.15, 0.2) is 5.78 Å². The number of benzene rings is 2. The van der Waals surface area contributed by atoms with E-state index in [0.29, 0.717) is 11.3 Å². The van der Waals surface area contributed by atoms with Crippen LogP contribution in [-0.4, -0.2) is 10.9 Å². The van der Waals surface area contributed by atoms with Crippen molar-refractivity contribution in [2.75, 3.05) is 5.32 Å². The molecule has 0 fully saturated rings. The Hall–Kier alpha value is -2.55. The van der Waals surface area contributed by atoms with Crippen molar-refractivity contribution in [3.05, 3.63) is 72.0 Å². The molecule has 2 aromatic rings. The molecular weight excluding hydrogens is 238 g/mol. The van der Waals surface area contributed by atoms with Gasteiger partial charge in [-0.15, -0.1) is 0 Å². The molecule has 19 heavy (non-hydrogen) atoms. The van der Waals surface area contributed by atoms with E-state index in [9.17, 15) is 9.90 Å². The van der Waals surface area contributed by atoms with E-state index >= 15 is 0 Å². The molecule has 2 aromatic carbocycles. The van der Waals surface area contributed by atoms with E-state index in [4.69, 9.17) is 0 Å². The Morgan fingerprint density at radius 1 is 1.00 bits per heavy atom. The molecule has 0 aliphatic heterocycles. The van der Waals surface area contributed by atoms with Gasteiger partial charge < -0.3 is 10.4 Å². The number of ketones is 1.